The van der Waals surface area contributed by atoms with E-state index >= 15 is 0 Å². The van der Waals surface area contributed by atoms with Gasteiger partial charge in [-0.15, -0.1) is 0 Å². The highest BCUT2D eigenvalue weighted by Gasteiger charge is 2.38. The number of amides is 2. The van der Waals surface area contributed by atoms with Crippen molar-refractivity contribution in [3.63, 3.8) is 0 Å². The first-order valence-corrected chi connectivity index (χ1v) is 10.0. The molecule has 1 fully saturated rings. The summed E-state index contributed by atoms with van der Waals surface area (Å²) in [5.41, 5.74) is 4.57. The summed E-state index contributed by atoms with van der Waals surface area (Å²) in [5, 5.41) is 6.11. The van der Waals surface area contributed by atoms with E-state index in [9.17, 15) is 4.79 Å². The Labute approximate surface area is 163 Å². The molecule has 4 nitrogen and oxygen atoms in total. The van der Waals surface area contributed by atoms with Crippen molar-refractivity contribution < 1.29 is 4.79 Å². The van der Waals surface area contributed by atoms with Crippen molar-refractivity contribution in [2.45, 2.75) is 45.4 Å². The monoisotopic (exact) mass is 365 g/mol. The molecule has 0 heterocycles. The normalized spacial score (nSPS) is 14.9. The van der Waals surface area contributed by atoms with Crippen molar-refractivity contribution in [3.05, 3.63) is 59.7 Å². The van der Waals surface area contributed by atoms with Crippen LogP contribution in [0, 0.1) is 6.92 Å². The van der Waals surface area contributed by atoms with E-state index in [0.29, 0.717) is 6.54 Å². The zero-order valence-corrected chi connectivity index (χ0v) is 16.7. The zero-order chi connectivity index (χ0) is 19.3. The van der Waals surface area contributed by atoms with Crippen LogP contribution in [0.15, 0.2) is 48.5 Å². The lowest BCUT2D eigenvalue weighted by Gasteiger charge is -2.42. The Morgan fingerprint density at radius 1 is 1.07 bits per heavy atom. The number of anilines is 2. The van der Waals surface area contributed by atoms with Crippen molar-refractivity contribution in [2.75, 3.05) is 29.9 Å². The predicted octanol–water partition coefficient (Wildman–Crippen LogP) is 5.08. The molecule has 3 rings (SSSR count). The van der Waals surface area contributed by atoms with Crippen molar-refractivity contribution in [3.8, 4) is 0 Å². The van der Waals surface area contributed by atoms with Crippen LogP contribution in [0.25, 0.3) is 0 Å². The molecule has 0 saturated heterocycles. The fraction of sp³-hybridized carbons (Fsp3) is 0.435. The highest BCUT2D eigenvalue weighted by Crippen LogP contribution is 2.43. The maximum Gasteiger partial charge on any atom is 0.319 e. The number of carbonyl (C=O) groups is 1. The largest absolute Gasteiger partial charge is 0.372 e. The summed E-state index contributed by atoms with van der Waals surface area (Å²) in [5.74, 6) is 0. The van der Waals surface area contributed by atoms with Crippen molar-refractivity contribution in [1.82, 2.24) is 5.32 Å². The second-order valence-electron chi connectivity index (χ2n) is 7.48. The number of nitrogens with one attached hydrogen (secondary N) is 2. The molecule has 0 bridgehead atoms. The highest BCUT2D eigenvalue weighted by atomic mass is 16.2. The van der Waals surface area contributed by atoms with Gasteiger partial charge in [0.05, 0.1) is 0 Å². The minimum Gasteiger partial charge on any atom is -0.372 e. The number of rotatable bonds is 7. The Balaban J connectivity index is 1.61. The van der Waals surface area contributed by atoms with Gasteiger partial charge in [-0.3, -0.25) is 0 Å². The molecule has 2 amide bonds. The van der Waals surface area contributed by atoms with Crippen LogP contribution in [-0.4, -0.2) is 25.7 Å². The van der Waals surface area contributed by atoms with E-state index in [2.05, 4.69) is 65.8 Å². The third-order valence-electron chi connectivity index (χ3n) is 5.87. The van der Waals surface area contributed by atoms with Gasteiger partial charge in [0, 0.05) is 36.4 Å². The molecule has 1 aliphatic rings. The highest BCUT2D eigenvalue weighted by molar-refractivity contribution is 5.90. The Kier molecular flexibility index (Phi) is 6.04. The van der Waals surface area contributed by atoms with Gasteiger partial charge in [0.15, 0.2) is 0 Å². The average Bonchev–Trinajstić information content (AvgIpc) is 2.65. The van der Waals surface area contributed by atoms with Crippen LogP contribution in [0.5, 0.6) is 0 Å². The number of nitrogens with zero attached hydrogens (tertiary/aromatic N) is 1. The SMILES string of the molecule is CCN(CC)c1ccc(NC(=O)NCC2(c3ccccc3)CCC2)c(C)c1. The van der Waals surface area contributed by atoms with Crippen molar-refractivity contribution in [2.24, 2.45) is 0 Å². The molecule has 0 unspecified atom stereocenters. The Morgan fingerprint density at radius 2 is 1.78 bits per heavy atom. The third kappa shape index (κ3) is 4.26. The summed E-state index contributed by atoms with van der Waals surface area (Å²) in [6.07, 6.45) is 3.49. The van der Waals surface area contributed by atoms with Crippen LogP contribution in [0.2, 0.25) is 0 Å². The van der Waals surface area contributed by atoms with E-state index in [0.717, 1.165) is 37.2 Å². The average molecular weight is 366 g/mol. The molecular formula is C23H31N3O. The lowest BCUT2D eigenvalue weighted by Crippen LogP contribution is -2.46. The Morgan fingerprint density at radius 3 is 2.33 bits per heavy atom. The molecule has 0 radical (unpaired) electrons. The summed E-state index contributed by atoms with van der Waals surface area (Å²) in [6, 6.07) is 16.6. The molecule has 1 aliphatic carbocycles. The first kappa shape index (κ1) is 19.3. The van der Waals surface area contributed by atoms with Crippen molar-refractivity contribution in [1.29, 1.82) is 0 Å². The second kappa shape index (κ2) is 8.47. The first-order valence-electron chi connectivity index (χ1n) is 10.0. The molecular weight excluding hydrogens is 334 g/mol. The lowest BCUT2D eigenvalue weighted by molar-refractivity contribution is 0.222. The molecule has 0 aliphatic heterocycles. The van der Waals surface area contributed by atoms with E-state index in [-0.39, 0.29) is 11.4 Å². The van der Waals surface area contributed by atoms with Gasteiger partial charge in [0.1, 0.15) is 0 Å². The van der Waals surface area contributed by atoms with Gasteiger partial charge in [0.25, 0.3) is 0 Å². The minimum absolute atomic E-state index is 0.0975. The van der Waals surface area contributed by atoms with Gasteiger partial charge >= 0.3 is 6.03 Å². The van der Waals surface area contributed by atoms with Gasteiger partial charge in [0.2, 0.25) is 0 Å². The number of hydrogen-bond donors (Lipinski definition) is 2. The van der Waals surface area contributed by atoms with E-state index in [1.54, 1.807) is 0 Å². The van der Waals surface area contributed by atoms with Gasteiger partial charge in [-0.05, 0) is 62.9 Å². The molecule has 0 spiro atoms. The van der Waals surface area contributed by atoms with E-state index in [1.165, 1.54) is 17.7 Å². The second-order valence-corrected chi connectivity index (χ2v) is 7.48. The molecule has 2 aromatic carbocycles. The van der Waals surface area contributed by atoms with Crippen molar-refractivity contribution >= 4 is 17.4 Å². The number of hydrogen-bond acceptors (Lipinski definition) is 2. The molecule has 27 heavy (non-hydrogen) atoms. The van der Waals surface area contributed by atoms with Crippen LogP contribution < -0.4 is 15.5 Å². The van der Waals surface area contributed by atoms with Crippen LogP contribution in [-0.2, 0) is 5.41 Å². The molecule has 1 saturated carbocycles. The zero-order valence-electron chi connectivity index (χ0n) is 16.7. The molecule has 0 aromatic heterocycles. The number of benzene rings is 2. The van der Waals surface area contributed by atoms with Gasteiger partial charge in [-0.1, -0.05) is 36.8 Å². The smallest absolute Gasteiger partial charge is 0.319 e. The van der Waals surface area contributed by atoms with Crippen LogP contribution in [0.1, 0.15) is 44.2 Å². The summed E-state index contributed by atoms with van der Waals surface area (Å²) in [4.78, 5) is 14.8. The minimum atomic E-state index is -0.129. The molecule has 144 valence electrons. The fourth-order valence-corrected chi connectivity index (χ4v) is 3.95. The number of aryl methyl sites for hydroxylation is 1. The van der Waals surface area contributed by atoms with E-state index in [1.807, 2.05) is 19.1 Å². The standard InChI is InChI=1S/C23H31N3O/c1-4-26(5-2)20-12-13-21(18(3)16-20)25-22(27)24-17-23(14-9-15-23)19-10-7-6-8-11-19/h6-8,10-13,16H,4-5,9,14-15,17H2,1-3H3,(H2,24,25,27). The summed E-state index contributed by atoms with van der Waals surface area (Å²) < 4.78 is 0. The van der Waals surface area contributed by atoms with Crippen LogP contribution in [0.3, 0.4) is 0 Å². The molecule has 0 atom stereocenters. The topological polar surface area (TPSA) is 44.4 Å². The van der Waals surface area contributed by atoms with Gasteiger partial charge in [-0.2, -0.15) is 0 Å². The Bertz CT molecular complexity index is 764. The third-order valence-corrected chi connectivity index (χ3v) is 5.87. The number of urea groups is 1. The summed E-state index contributed by atoms with van der Waals surface area (Å²) in [6.45, 7) is 8.98. The fourth-order valence-electron chi connectivity index (χ4n) is 3.95. The van der Waals surface area contributed by atoms with E-state index < -0.39 is 0 Å². The maximum atomic E-state index is 12.5. The maximum absolute atomic E-state index is 12.5. The summed E-state index contributed by atoms with van der Waals surface area (Å²) >= 11 is 0. The Hall–Kier alpha value is -2.49. The summed E-state index contributed by atoms with van der Waals surface area (Å²) in [7, 11) is 0. The van der Waals surface area contributed by atoms with Gasteiger partial charge < -0.3 is 15.5 Å². The molecule has 2 N–H and O–H groups in total. The molecule has 2 aromatic rings. The molecule has 4 heteroatoms. The van der Waals surface area contributed by atoms with Crippen LogP contribution >= 0.6 is 0 Å². The first-order chi connectivity index (χ1) is 13.1. The predicted molar refractivity (Wildman–Crippen MR) is 114 cm³/mol. The van der Waals surface area contributed by atoms with Crippen LogP contribution in [0.4, 0.5) is 16.2 Å². The van der Waals surface area contributed by atoms with Gasteiger partial charge in [-0.25, -0.2) is 4.79 Å². The quantitative estimate of drug-likeness (QED) is 0.718. The number of carbonyl (C=O) groups excluding carboxylic acids is 1. The van der Waals surface area contributed by atoms with E-state index in [4.69, 9.17) is 0 Å². The lowest BCUT2D eigenvalue weighted by atomic mass is 9.64.